The average Bonchev–Trinajstić information content (AvgIpc) is 2.22. The van der Waals surface area contributed by atoms with Crippen molar-refractivity contribution in [3.8, 4) is 0 Å². The Morgan fingerprint density at radius 2 is 2.27 bits per heavy atom. The van der Waals surface area contributed by atoms with E-state index in [4.69, 9.17) is 5.73 Å². The van der Waals surface area contributed by atoms with E-state index >= 15 is 0 Å². The fourth-order valence-corrected chi connectivity index (χ4v) is 1.88. The van der Waals surface area contributed by atoms with Crippen LogP contribution in [0.3, 0.4) is 0 Å². The van der Waals surface area contributed by atoms with Gasteiger partial charge in [-0.05, 0) is 37.5 Å². The number of anilines is 2. The molecule has 0 radical (unpaired) electrons. The summed E-state index contributed by atoms with van der Waals surface area (Å²) in [5.41, 5.74) is 6.50. The molecule has 0 aliphatic heterocycles. The third-order valence-electron chi connectivity index (χ3n) is 2.21. The zero-order valence-corrected chi connectivity index (χ0v) is 9.90. The van der Waals surface area contributed by atoms with Crippen LogP contribution in [0.25, 0.3) is 0 Å². The van der Waals surface area contributed by atoms with Crippen molar-refractivity contribution in [1.29, 1.82) is 0 Å². The van der Waals surface area contributed by atoms with Gasteiger partial charge in [0, 0.05) is 6.04 Å². The SMILES string of the molecule is CSCCC(C)Nc1cccc(F)c1N. The van der Waals surface area contributed by atoms with Gasteiger partial charge in [0.2, 0.25) is 0 Å². The highest BCUT2D eigenvalue weighted by Gasteiger charge is 2.07. The molecule has 3 N–H and O–H groups in total. The monoisotopic (exact) mass is 228 g/mol. The maximum Gasteiger partial charge on any atom is 0.148 e. The van der Waals surface area contributed by atoms with Crippen molar-refractivity contribution in [2.75, 3.05) is 23.1 Å². The zero-order valence-electron chi connectivity index (χ0n) is 9.09. The number of benzene rings is 1. The van der Waals surface area contributed by atoms with Crippen LogP contribution in [0.5, 0.6) is 0 Å². The Morgan fingerprint density at radius 1 is 1.53 bits per heavy atom. The Balaban J connectivity index is 2.60. The fraction of sp³-hybridized carbons (Fsp3) is 0.455. The molecule has 0 aliphatic carbocycles. The molecule has 1 aromatic carbocycles. The van der Waals surface area contributed by atoms with Crippen molar-refractivity contribution in [2.24, 2.45) is 0 Å². The van der Waals surface area contributed by atoms with E-state index < -0.39 is 0 Å². The summed E-state index contributed by atoms with van der Waals surface area (Å²) in [6.45, 7) is 2.07. The third kappa shape index (κ3) is 3.63. The molecule has 1 rings (SSSR count). The molecule has 1 aromatic rings. The lowest BCUT2D eigenvalue weighted by molar-refractivity contribution is 0.632. The summed E-state index contributed by atoms with van der Waals surface area (Å²) in [6, 6.07) is 5.14. The van der Waals surface area contributed by atoms with Gasteiger partial charge < -0.3 is 11.1 Å². The normalized spacial score (nSPS) is 12.5. The van der Waals surface area contributed by atoms with Crippen molar-refractivity contribution in [3.63, 3.8) is 0 Å². The van der Waals surface area contributed by atoms with Crippen LogP contribution < -0.4 is 11.1 Å². The van der Waals surface area contributed by atoms with E-state index in [1.807, 2.05) is 0 Å². The minimum Gasteiger partial charge on any atom is -0.395 e. The molecule has 2 nitrogen and oxygen atoms in total. The molecule has 0 aliphatic rings. The molecule has 0 amide bonds. The van der Waals surface area contributed by atoms with Gasteiger partial charge in [0.15, 0.2) is 0 Å². The first-order chi connectivity index (χ1) is 7.15. The van der Waals surface area contributed by atoms with Crippen molar-refractivity contribution < 1.29 is 4.39 Å². The smallest absolute Gasteiger partial charge is 0.148 e. The van der Waals surface area contributed by atoms with Crippen LogP contribution in [0.4, 0.5) is 15.8 Å². The van der Waals surface area contributed by atoms with Gasteiger partial charge >= 0.3 is 0 Å². The standard InChI is InChI=1S/C11H17FN2S/c1-8(6-7-15-2)14-10-5-3-4-9(12)11(10)13/h3-5,8,14H,6-7,13H2,1-2H3. The lowest BCUT2D eigenvalue weighted by Crippen LogP contribution is -2.17. The van der Waals surface area contributed by atoms with Crippen LogP contribution >= 0.6 is 11.8 Å². The van der Waals surface area contributed by atoms with Gasteiger partial charge in [-0.3, -0.25) is 0 Å². The Morgan fingerprint density at radius 3 is 2.93 bits per heavy atom. The van der Waals surface area contributed by atoms with E-state index in [-0.39, 0.29) is 11.5 Å². The van der Waals surface area contributed by atoms with Crippen molar-refractivity contribution in [1.82, 2.24) is 0 Å². The van der Waals surface area contributed by atoms with E-state index in [2.05, 4.69) is 18.5 Å². The largest absolute Gasteiger partial charge is 0.395 e. The van der Waals surface area contributed by atoms with Gasteiger partial charge in [0.05, 0.1) is 11.4 Å². The molecule has 1 atom stereocenters. The van der Waals surface area contributed by atoms with Gasteiger partial charge in [0.1, 0.15) is 5.82 Å². The highest BCUT2D eigenvalue weighted by Crippen LogP contribution is 2.22. The van der Waals surface area contributed by atoms with Crippen LogP contribution in [-0.4, -0.2) is 18.1 Å². The van der Waals surface area contributed by atoms with Crippen LogP contribution in [0.2, 0.25) is 0 Å². The number of rotatable bonds is 5. The first kappa shape index (κ1) is 12.2. The molecule has 0 fully saturated rings. The van der Waals surface area contributed by atoms with E-state index in [0.717, 1.165) is 12.2 Å². The molecule has 0 saturated carbocycles. The number of nitrogens with two attached hydrogens (primary N) is 1. The number of nitrogens with one attached hydrogen (secondary N) is 1. The quantitative estimate of drug-likeness (QED) is 0.761. The number of hydrogen-bond donors (Lipinski definition) is 2. The average molecular weight is 228 g/mol. The number of nitrogen functional groups attached to an aromatic ring is 1. The molecular formula is C11H17FN2S. The maximum atomic E-state index is 13.1. The zero-order chi connectivity index (χ0) is 11.3. The number of hydrogen-bond acceptors (Lipinski definition) is 3. The summed E-state index contributed by atoms with van der Waals surface area (Å²) in [5, 5.41) is 3.21. The van der Waals surface area contributed by atoms with Crippen LogP contribution in [0.15, 0.2) is 18.2 Å². The van der Waals surface area contributed by atoms with Crippen molar-refractivity contribution >= 4 is 23.1 Å². The summed E-state index contributed by atoms with van der Waals surface area (Å²) in [4.78, 5) is 0. The summed E-state index contributed by atoms with van der Waals surface area (Å²) < 4.78 is 13.1. The van der Waals surface area contributed by atoms with Crippen LogP contribution in [-0.2, 0) is 0 Å². The number of thioether (sulfide) groups is 1. The van der Waals surface area contributed by atoms with Crippen molar-refractivity contribution in [3.05, 3.63) is 24.0 Å². The number of halogens is 1. The molecule has 84 valence electrons. The second-order valence-electron chi connectivity index (χ2n) is 3.53. The predicted octanol–water partition coefficient (Wildman–Crippen LogP) is 2.96. The van der Waals surface area contributed by atoms with Gasteiger partial charge in [-0.25, -0.2) is 4.39 Å². The van der Waals surface area contributed by atoms with Crippen LogP contribution in [0, 0.1) is 5.82 Å². The Labute approximate surface area is 94.4 Å². The predicted molar refractivity (Wildman–Crippen MR) is 66.9 cm³/mol. The molecule has 0 saturated heterocycles. The Kier molecular flexibility index (Phi) is 4.75. The fourth-order valence-electron chi connectivity index (χ4n) is 1.30. The van der Waals surface area contributed by atoms with E-state index in [0.29, 0.717) is 11.7 Å². The molecule has 0 spiro atoms. The summed E-state index contributed by atoms with van der Waals surface area (Å²) >= 11 is 1.80. The van der Waals surface area contributed by atoms with Crippen molar-refractivity contribution in [2.45, 2.75) is 19.4 Å². The lowest BCUT2D eigenvalue weighted by atomic mass is 10.2. The molecular weight excluding hydrogens is 211 g/mol. The summed E-state index contributed by atoms with van der Waals surface area (Å²) in [6.07, 6.45) is 3.11. The van der Waals surface area contributed by atoms with Gasteiger partial charge in [-0.15, -0.1) is 0 Å². The van der Waals surface area contributed by atoms with Gasteiger partial charge in [-0.2, -0.15) is 11.8 Å². The maximum absolute atomic E-state index is 13.1. The summed E-state index contributed by atoms with van der Waals surface area (Å²) in [5.74, 6) is 0.723. The molecule has 0 heterocycles. The second-order valence-corrected chi connectivity index (χ2v) is 4.51. The third-order valence-corrected chi connectivity index (χ3v) is 2.85. The summed E-state index contributed by atoms with van der Waals surface area (Å²) in [7, 11) is 0. The Hall–Kier alpha value is -0.900. The lowest BCUT2D eigenvalue weighted by Gasteiger charge is -2.16. The number of para-hydroxylation sites is 1. The minimum absolute atomic E-state index is 0.202. The first-order valence-corrected chi connectivity index (χ1v) is 6.34. The minimum atomic E-state index is -0.364. The van der Waals surface area contributed by atoms with Gasteiger partial charge in [-0.1, -0.05) is 6.07 Å². The van der Waals surface area contributed by atoms with E-state index in [9.17, 15) is 4.39 Å². The van der Waals surface area contributed by atoms with Crippen LogP contribution in [0.1, 0.15) is 13.3 Å². The molecule has 0 aromatic heterocycles. The topological polar surface area (TPSA) is 38.0 Å². The molecule has 0 bridgehead atoms. The van der Waals surface area contributed by atoms with E-state index in [1.165, 1.54) is 6.07 Å². The molecule has 1 unspecified atom stereocenters. The highest BCUT2D eigenvalue weighted by molar-refractivity contribution is 7.98. The Bertz CT molecular complexity index is 317. The molecule has 4 heteroatoms. The van der Waals surface area contributed by atoms with Gasteiger partial charge in [0.25, 0.3) is 0 Å². The highest BCUT2D eigenvalue weighted by atomic mass is 32.2. The molecule has 15 heavy (non-hydrogen) atoms. The second kappa shape index (κ2) is 5.85. The first-order valence-electron chi connectivity index (χ1n) is 4.94. The van der Waals surface area contributed by atoms with E-state index in [1.54, 1.807) is 23.9 Å².